The molecule has 14 heavy (non-hydrogen) atoms. The van der Waals surface area contributed by atoms with E-state index >= 15 is 0 Å². The molecule has 0 amide bonds. The summed E-state index contributed by atoms with van der Waals surface area (Å²) in [4.78, 5) is 0. The molecule has 2 heteroatoms. The Bertz CT molecular complexity index is 485. The minimum absolute atomic E-state index is 1.23. The summed E-state index contributed by atoms with van der Waals surface area (Å²) in [5.74, 6) is 0. The number of halogens is 2. The lowest BCUT2D eigenvalue weighted by Crippen LogP contribution is -1.85. The molecule has 0 heterocycles. The van der Waals surface area contributed by atoms with E-state index in [0.717, 1.165) is 0 Å². The maximum atomic E-state index is 2.44. The Morgan fingerprint density at radius 3 is 1.71 bits per heavy atom. The smallest absolute Gasteiger partial charge is 0.0219 e. The van der Waals surface area contributed by atoms with E-state index in [2.05, 4.69) is 69.4 Å². The first-order chi connectivity index (χ1) is 6.77. The molecule has 0 aliphatic heterocycles. The van der Waals surface area contributed by atoms with Crippen LogP contribution in [0.1, 0.15) is 11.1 Å². The molecule has 0 radical (unpaired) electrons. The molecular formula is C12H8I2. The van der Waals surface area contributed by atoms with Crippen molar-refractivity contribution in [2.75, 3.05) is 0 Å². The first kappa shape index (κ1) is 9.39. The highest BCUT2D eigenvalue weighted by Crippen LogP contribution is 2.35. The fourth-order valence-electron chi connectivity index (χ4n) is 2.25. The van der Waals surface area contributed by atoms with Crippen LogP contribution in [0.15, 0.2) is 24.3 Å². The van der Waals surface area contributed by atoms with Crippen molar-refractivity contribution in [2.24, 2.45) is 0 Å². The van der Waals surface area contributed by atoms with Crippen LogP contribution in [0.5, 0.6) is 0 Å². The van der Waals surface area contributed by atoms with Crippen molar-refractivity contribution in [1.82, 2.24) is 0 Å². The van der Waals surface area contributed by atoms with Crippen LogP contribution < -0.4 is 0 Å². The normalized spacial score (nSPS) is 13.9. The van der Waals surface area contributed by atoms with Crippen LogP contribution >= 0.6 is 45.2 Å². The third kappa shape index (κ3) is 1.23. The van der Waals surface area contributed by atoms with Gasteiger partial charge in [-0.15, -0.1) is 0 Å². The SMILES string of the molecule is Ic1ccc2c3c(ccc(I)c13)CC2. The van der Waals surface area contributed by atoms with Crippen LogP contribution in [0.3, 0.4) is 0 Å². The van der Waals surface area contributed by atoms with Crippen molar-refractivity contribution >= 4 is 56.0 Å². The summed E-state index contributed by atoms with van der Waals surface area (Å²) in [5, 5.41) is 3.00. The van der Waals surface area contributed by atoms with Gasteiger partial charge in [0.2, 0.25) is 0 Å². The first-order valence-electron chi connectivity index (χ1n) is 4.66. The summed E-state index contributed by atoms with van der Waals surface area (Å²) >= 11 is 4.88. The minimum atomic E-state index is 1.23. The Balaban J connectivity index is 2.60. The van der Waals surface area contributed by atoms with Crippen molar-refractivity contribution in [2.45, 2.75) is 12.8 Å². The minimum Gasteiger partial charge on any atom is -0.0573 e. The number of benzene rings is 2. The van der Waals surface area contributed by atoms with E-state index in [1.165, 1.54) is 41.9 Å². The van der Waals surface area contributed by atoms with E-state index in [4.69, 9.17) is 0 Å². The van der Waals surface area contributed by atoms with Gasteiger partial charge in [0, 0.05) is 12.5 Å². The summed E-state index contributed by atoms with van der Waals surface area (Å²) in [6.45, 7) is 0. The van der Waals surface area contributed by atoms with Gasteiger partial charge in [-0.1, -0.05) is 12.1 Å². The molecule has 1 aliphatic carbocycles. The van der Waals surface area contributed by atoms with Gasteiger partial charge in [0.05, 0.1) is 0 Å². The molecular weight excluding hydrogens is 398 g/mol. The Labute approximate surface area is 110 Å². The maximum absolute atomic E-state index is 2.44. The van der Waals surface area contributed by atoms with E-state index in [0.29, 0.717) is 0 Å². The van der Waals surface area contributed by atoms with Gasteiger partial charge in [0.1, 0.15) is 0 Å². The summed E-state index contributed by atoms with van der Waals surface area (Å²) in [5.41, 5.74) is 3.07. The van der Waals surface area contributed by atoms with Gasteiger partial charge in [-0.2, -0.15) is 0 Å². The number of aryl methyl sites for hydroxylation is 2. The zero-order valence-corrected chi connectivity index (χ0v) is 11.8. The van der Waals surface area contributed by atoms with Crippen LogP contribution in [0.4, 0.5) is 0 Å². The van der Waals surface area contributed by atoms with Gasteiger partial charge in [-0.3, -0.25) is 0 Å². The molecule has 0 N–H and O–H groups in total. The Morgan fingerprint density at radius 1 is 0.714 bits per heavy atom. The summed E-state index contributed by atoms with van der Waals surface area (Å²) in [6.07, 6.45) is 2.45. The molecule has 0 spiro atoms. The molecule has 1 aliphatic rings. The second-order valence-electron chi connectivity index (χ2n) is 3.66. The van der Waals surface area contributed by atoms with Gasteiger partial charge in [0.15, 0.2) is 0 Å². The van der Waals surface area contributed by atoms with Gasteiger partial charge in [0.25, 0.3) is 0 Å². The van der Waals surface area contributed by atoms with E-state index < -0.39 is 0 Å². The largest absolute Gasteiger partial charge is 0.0573 e. The highest BCUT2D eigenvalue weighted by molar-refractivity contribution is 14.1. The van der Waals surface area contributed by atoms with Crippen LogP contribution in [0.2, 0.25) is 0 Å². The summed E-state index contributed by atoms with van der Waals surface area (Å²) in [7, 11) is 0. The van der Waals surface area contributed by atoms with Crippen LogP contribution in [0, 0.1) is 7.14 Å². The topological polar surface area (TPSA) is 0 Å². The molecule has 2 aromatic rings. The fraction of sp³-hybridized carbons (Fsp3) is 0.167. The van der Waals surface area contributed by atoms with Gasteiger partial charge >= 0.3 is 0 Å². The lowest BCUT2D eigenvalue weighted by atomic mass is 10.1. The molecule has 0 atom stereocenters. The average molecular weight is 406 g/mol. The highest BCUT2D eigenvalue weighted by Gasteiger charge is 2.16. The van der Waals surface area contributed by atoms with Gasteiger partial charge in [-0.25, -0.2) is 0 Å². The van der Waals surface area contributed by atoms with E-state index in [1.54, 1.807) is 0 Å². The molecule has 0 saturated heterocycles. The molecule has 0 unspecified atom stereocenters. The third-order valence-electron chi connectivity index (χ3n) is 2.90. The molecule has 0 saturated carbocycles. The first-order valence-corrected chi connectivity index (χ1v) is 6.81. The summed E-state index contributed by atoms with van der Waals surface area (Å²) < 4.78 is 2.77. The molecule has 0 bridgehead atoms. The average Bonchev–Trinajstić information content (AvgIpc) is 2.58. The van der Waals surface area contributed by atoms with Crippen molar-refractivity contribution in [3.05, 3.63) is 42.5 Å². The van der Waals surface area contributed by atoms with Gasteiger partial charge in [-0.05, 0) is 86.7 Å². The van der Waals surface area contributed by atoms with Crippen LogP contribution in [0.25, 0.3) is 10.8 Å². The summed E-state index contributed by atoms with van der Waals surface area (Å²) in [6, 6.07) is 9.07. The van der Waals surface area contributed by atoms with E-state index in [1.807, 2.05) is 0 Å². The second kappa shape index (κ2) is 3.33. The van der Waals surface area contributed by atoms with Crippen molar-refractivity contribution in [3.8, 4) is 0 Å². The molecule has 0 aromatic heterocycles. The quantitative estimate of drug-likeness (QED) is 0.577. The molecule has 0 fully saturated rings. The van der Waals surface area contributed by atoms with E-state index in [9.17, 15) is 0 Å². The zero-order valence-electron chi connectivity index (χ0n) is 7.48. The lowest BCUT2D eigenvalue weighted by Gasteiger charge is -2.06. The molecule has 0 nitrogen and oxygen atoms in total. The molecule has 3 rings (SSSR count). The zero-order chi connectivity index (χ0) is 9.71. The Morgan fingerprint density at radius 2 is 1.21 bits per heavy atom. The predicted molar refractivity (Wildman–Crippen MR) is 76.8 cm³/mol. The lowest BCUT2D eigenvalue weighted by molar-refractivity contribution is 1.02. The highest BCUT2D eigenvalue weighted by atomic mass is 127. The third-order valence-corrected chi connectivity index (χ3v) is 4.69. The van der Waals surface area contributed by atoms with E-state index in [-0.39, 0.29) is 0 Å². The predicted octanol–water partition coefficient (Wildman–Crippen LogP) is 4.15. The number of hydrogen-bond acceptors (Lipinski definition) is 0. The van der Waals surface area contributed by atoms with Crippen molar-refractivity contribution < 1.29 is 0 Å². The molecule has 70 valence electrons. The van der Waals surface area contributed by atoms with Crippen LogP contribution in [-0.4, -0.2) is 0 Å². The van der Waals surface area contributed by atoms with Crippen molar-refractivity contribution in [1.29, 1.82) is 0 Å². The Hall–Kier alpha value is 0.160. The molecule has 2 aromatic carbocycles. The fourth-order valence-corrected chi connectivity index (χ4v) is 4.24. The maximum Gasteiger partial charge on any atom is 0.0219 e. The number of hydrogen-bond donors (Lipinski definition) is 0. The van der Waals surface area contributed by atoms with Crippen LogP contribution in [-0.2, 0) is 12.8 Å². The number of rotatable bonds is 0. The van der Waals surface area contributed by atoms with Crippen molar-refractivity contribution in [3.63, 3.8) is 0 Å². The Kier molecular flexibility index (Phi) is 2.24. The monoisotopic (exact) mass is 406 g/mol. The standard InChI is InChI=1S/C12H8I2/c13-9-5-3-7-1-2-8-4-6-10(14)12(9)11(7)8/h3-6H,1-2H2. The van der Waals surface area contributed by atoms with Gasteiger partial charge < -0.3 is 0 Å². The second-order valence-corrected chi connectivity index (χ2v) is 5.99.